The van der Waals surface area contributed by atoms with Crippen molar-refractivity contribution in [3.8, 4) is 5.75 Å². The van der Waals surface area contributed by atoms with E-state index in [9.17, 15) is 20.0 Å². The molecule has 0 unspecified atom stereocenters. The number of ether oxygens (including phenoxy) is 1. The second-order valence-electron chi connectivity index (χ2n) is 2.55. The minimum Gasteiger partial charge on any atom is -0.867 e. The van der Waals surface area contributed by atoms with Gasteiger partial charge in [0, 0.05) is 11.1 Å². The molecule has 0 amide bonds. The fourth-order valence-corrected chi connectivity index (χ4v) is 1.19. The van der Waals surface area contributed by atoms with Gasteiger partial charge in [0.25, 0.3) is 5.69 Å². The van der Waals surface area contributed by atoms with E-state index in [1.54, 1.807) is 0 Å². The van der Waals surface area contributed by atoms with Crippen molar-refractivity contribution in [3.05, 3.63) is 32.8 Å². The van der Waals surface area contributed by atoms with Crippen molar-refractivity contribution < 1.29 is 19.6 Å². The molecule has 6 nitrogen and oxygen atoms in total. The Morgan fingerprint density at radius 2 is 2.13 bits per heavy atom. The first-order valence-corrected chi connectivity index (χ1v) is 4.08. The smallest absolute Gasteiger partial charge is 0.337 e. The molecule has 0 aliphatic carbocycles. The standard InChI is InChI=1S/C8H6ClNO5/c1-15-8(12)5-2-4(9)3-6(7(5)11)10(13)14/h2-3,11H,1H3/p-1. The zero-order chi connectivity index (χ0) is 11.6. The van der Waals surface area contributed by atoms with Crippen LogP contribution in [0, 0.1) is 10.1 Å². The molecule has 0 spiro atoms. The summed E-state index contributed by atoms with van der Waals surface area (Å²) >= 11 is 5.52. The minimum atomic E-state index is -1.00. The summed E-state index contributed by atoms with van der Waals surface area (Å²) in [4.78, 5) is 20.6. The van der Waals surface area contributed by atoms with Crippen LogP contribution in [0.1, 0.15) is 10.4 Å². The highest BCUT2D eigenvalue weighted by Gasteiger charge is 2.16. The Bertz CT molecular complexity index is 431. The molecule has 0 aromatic heterocycles. The molecule has 0 saturated carbocycles. The van der Waals surface area contributed by atoms with Gasteiger partial charge >= 0.3 is 5.97 Å². The molecule has 0 aliphatic rings. The van der Waals surface area contributed by atoms with Crippen molar-refractivity contribution in [1.82, 2.24) is 0 Å². The molecular weight excluding hydrogens is 226 g/mol. The van der Waals surface area contributed by atoms with Gasteiger partial charge in [-0.05, 0) is 11.8 Å². The number of benzene rings is 1. The molecule has 1 rings (SSSR count). The summed E-state index contributed by atoms with van der Waals surface area (Å²) in [5.74, 6) is -1.96. The average Bonchev–Trinajstić information content (AvgIpc) is 2.19. The Kier molecular flexibility index (Phi) is 3.11. The first-order chi connectivity index (χ1) is 6.97. The van der Waals surface area contributed by atoms with Crippen LogP contribution in [-0.4, -0.2) is 18.0 Å². The van der Waals surface area contributed by atoms with E-state index < -0.39 is 27.9 Å². The number of halogens is 1. The van der Waals surface area contributed by atoms with Crippen LogP contribution in [0.2, 0.25) is 5.02 Å². The molecule has 15 heavy (non-hydrogen) atoms. The van der Waals surface area contributed by atoms with Crippen molar-refractivity contribution >= 4 is 23.3 Å². The maximum atomic E-state index is 11.4. The lowest BCUT2D eigenvalue weighted by molar-refractivity contribution is -0.398. The maximum Gasteiger partial charge on any atom is 0.337 e. The molecule has 80 valence electrons. The lowest BCUT2D eigenvalue weighted by Gasteiger charge is -2.11. The summed E-state index contributed by atoms with van der Waals surface area (Å²) < 4.78 is 4.29. The fourth-order valence-electron chi connectivity index (χ4n) is 0.976. The van der Waals surface area contributed by atoms with Gasteiger partial charge in [-0.2, -0.15) is 0 Å². The molecule has 0 bridgehead atoms. The van der Waals surface area contributed by atoms with Crippen LogP contribution in [0.4, 0.5) is 5.69 Å². The summed E-state index contributed by atoms with van der Waals surface area (Å²) in [7, 11) is 1.06. The normalized spacial score (nSPS) is 9.73. The Balaban J connectivity index is 3.41. The first-order valence-electron chi connectivity index (χ1n) is 3.70. The number of hydrogen-bond donors (Lipinski definition) is 0. The second kappa shape index (κ2) is 4.14. The van der Waals surface area contributed by atoms with E-state index in [-0.39, 0.29) is 5.02 Å². The molecule has 1 aromatic rings. The van der Waals surface area contributed by atoms with Gasteiger partial charge in [-0.25, -0.2) is 4.79 Å². The van der Waals surface area contributed by atoms with Crippen LogP contribution in [0.15, 0.2) is 12.1 Å². The number of esters is 1. The fraction of sp³-hybridized carbons (Fsp3) is 0.125. The number of nitrogens with zero attached hydrogens (tertiary/aromatic N) is 1. The van der Waals surface area contributed by atoms with Gasteiger partial charge in [-0.15, -0.1) is 0 Å². The third-order valence-electron chi connectivity index (χ3n) is 1.64. The van der Waals surface area contributed by atoms with E-state index in [0.29, 0.717) is 0 Å². The Hall–Kier alpha value is -1.82. The minimum absolute atomic E-state index is 0.0679. The molecule has 0 fully saturated rings. The molecule has 0 N–H and O–H groups in total. The average molecular weight is 231 g/mol. The summed E-state index contributed by atoms with van der Waals surface area (Å²) in [6.45, 7) is 0. The second-order valence-corrected chi connectivity index (χ2v) is 2.99. The molecule has 0 saturated heterocycles. The van der Waals surface area contributed by atoms with Crippen LogP contribution in [-0.2, 0) is 4.74 Å². The monoisotopic (exact) mass is 230 g/mol. The van der Waals surface area contributed by atoms with Crippen LogP contribution >= 0.6 is 11.6 Å². The summed E-state index contributed by atoms with van der Waals surface area (Å²) in [6.07, 6.45) is 0. The van der Waals surface area contributed by atoms with E-state index in [1.165, 1.54) is 0 Å². The maximum absolute atomic E-state index is 11.4. The van der Waals surface area contributed by atoms with E-state index in [0.717, 1.165) is 19.2 Å². The Morgan fingerprint density at radius 3 is 2.60 bits per heavy atom. The Morgan fingerprint density at radius 1 is 1.53 bits per heavy atom. The summed E-state index contributed by atoms with van der Waals surface area (Å²) in [5, 5.41) is 21.7. The summed E-state index contributed by atoms with van der Waals surface area (Å²) in [6, 6.07) is 1.92. The van der Waals surface area contributed by atoms with Gasteiger partial charge in [-0.3, -0.25) is 10.1 Å². The van der Waals surface area contributed by atoms with E-state index >= 15 is 0 Å². The number of nitro benzene ring substituents is 1. The molecule has 0 heterocycles. The zero-order valence-corrected chi connectivity index (χ0v) is 8.28. The van der Waals surface area contributed by atoms with Crippen molar-refractivity contribution in [1.29, 1.82) is 0 Å². The van der Waals surface area contributed by atoms with Crippen LogP contribution in [0.25, 0.3) is 0 Å². The van der Waals surface area contributed by atoms with Gasteiger partial charge in [0.2, 0.25) is 0 Å². The quantitative estimate of drug-likeness (QED) is 0.431. The number of rotatable bonds is 2. The molecule has 0 atom stereocenters. The predicted octanol–water partition coefficient (Wildman–Crippen LogP) is 1.11. The highest BCUT2D eigenvalue weighted by molar-refractivity contribution is 6.31. The number of methoxy groups -OCH3 is 1. The van der Waals surface area contributed by atoms with Gasteiger partial charge in [0.15, 0.2) is 0 Å². The van der Waals surface area contributed by atoms with E-state index in [4.69, 9.17) is 11.6 Å². The number of carbonyl (C=O) groups is 1. The number of hydrogen-bond acceptors (Lipinski definition) is 5. The van der Waals surface area contributed by atoms with Gasteiger partial charge < -0.3 is 9.84 Å². The molecule has 0 radical (unpaired) electrons. The first kappa shape index (κ1) is 11.3. The largest absolute Gasteiger partial charge is 0.867 e. The van der Waals surface area contributed by atoms with Crippen LogP contribution < -0.4 is 5.11 Å². The Labute approximate surface area is 89.2 Å². The highest BCUT2D eigenvalue weighted by Crippen LogP contribution is 2.31. The van der Waals surface area contributed by atoms with Crippen molar-refractivity contribution in [2.45, 2.75) is 0 Å². The molecule has 0 aliphatic heterocycles. The lowest BCUT2D eigenvalue weighted by Crippen LogP contribution is -2.09. The van der Waals surface area contributed by atoms with Crippen LogP contribution in [0.5, 0.6) is 5.75 Å². The van der Waals surface area contributed by atoms with Crippen molar-refractivity contribution in [2.75, 3.05) is 7.11 Å². The van der Waals surface area contributed by atoms with Gasteiger partial charge in [0.05, 0.1) is 17.6 Å². The zero-order valence-electron chi connectivity index (χ0n) is 7.52. The van der Waals surface area contributed by atoms with Crippen molar-refractivity contribution in [2.24, 2.45) is 0 Å². The summed E-state index contributed by atoms with van der Waals surface area (Å²) in [5.41, 5.74) is -1.19. The van der Waals surface area contributed by atoms with Crippen LogP contribution in [0.3, 0.4) is 0 Å². The molecule has 7 heteroatoms. The van der Waals surface area contributed by atoms with Crippen molar-refractivity contribution in [3.63, 3.8) is 0 Å². The lowest BCUT2D eigenvalue weighted by atomic mass is 10.2. The van der Waals surface area contributed by atoms with E-state index in [2.05, 4.69) is 4.74 Å². The van der Waals surface area contributed by atoms with Gasteiger partial charge in [-0.1, -0.05) is 11.6 Å². The van der Waals surface area contributed by atoms with E-state index in [1.807, 2.05) is 0 Å². The third-order valence-corrected chi connectivity index (χ3v) is 1.85. The predicted molar refractivity (Wildman–Crippen MR) is 48.9 cm³/mol. The topological polar surface area (TPSA) is 92.5 Å². The molecule has 1 aromatic carbocycles. The molecular formula is C8H5ClNO5-. The van der Waals surface area contributed by atoms with Gasteiger partial charge in [0.1, 0.15) is 0 Å². The number of nitro groups is 1. The SMILES string of the molecule is COC(=O)c1cc(Cl)cc([N+](=O)[O-])c1[O-]. The third kappa shape index (κ3) is 2.16. The highest BCUT2D eigenvalue weighted by atomic mass is 35.5. The number of carbonyl (C=O) groups excluding carboxylic acids is 1.